The first-order valence-corrected chi connectivity index (χ1v) is 6.51. The summed E-state index contributed by atoms with van der Waals surface area (Å²) in [6, 6.07) is 7.77. The molecule has 1 unspecified atom stereocenters. The highest BCUT2D eigenvalue weighted by atomic mass is 127. The van der Waals surface area contributed by atoms with Crippen LogP contribution in [0.1, 0.15) is 20.3 Å². The number of carbonyl (C=O) groups is 1. The molecular weight excluding hydrogens is 315 g/mol. The van der Waals surface area contributed by atoms with Crippen LogP contribution in [0.5, 0.6) is 0 Å². The highest BCUT2D eigenvalue weighted by Gasteiger charge is 2.11. The predicted molar refractivity (Wildman–Crippen MR) is 75.5 cm³/mol. The maximum absolute atomic E-state index is 11.6. The SMILES string of the molecule is CCCNC(=O)C(C)Nc1cccc(I)c1. The van der Waals surface area contributed by atoms with Crippen molar-refractivity contribution >= 4 is 34.2 Å². The third kappa shape index (κ3) is 4.38. The lowest BCUT2D eigenvalue weighted by molar-refractivity contribution is -0.121. The van der Waals surface area contributed by atoms with Gasteiger partial charge < -0.3 is 10.6 Å². The van der Waals surface area contributed by atoms with Gasteiger partial charge in [-0.05, 0) is 54.1 Å². The van der Waals surface area contributed by atoms with Crippen molar-refractivity contribution in [3.05, 3.63) is 27.8 Å². The second kappa shape index (κ2) is 6.73. The summed E-state index contributed by atoms with van der Waals surface area (Å²) in [7, 11) is 0. The van der Waals surface area contributed by atoms with E-state index in [0.717, 1.165) is 22.2 Å². The van der Waals surface area contributed by atoms with E-state index in [1.807, 2.05) is 38.1 Å². The van der Waals surface area contributed by atoms with Gasteiger partial charge >= 0.3 is 0 Å². The van der Waals surface area contributed by atoms with Crippen LogP contribution in [-0.4, -0.2) is 18.5 Å². The molecule has 0 aliphatic rings. The fourth-order valence-corrected chi connectivity index (χ4v) is 1.84. The van der Waals surface area contributed by atoms with Crippen LogP contribution < -0.4 is 10.6 Å². The lowest BCUT2D eigenvalue weighted by Crippen LogP contribution is -2.37. The summed E-state index contributed by atoms with van der Waals surface area (Å²) in [5.41, 5.74) is 0.978. The van der Waals surface area contributed by atoms with Gasteiger partial charge in [-0.25, -0.2) is 0 Å². The van der Waals surface area contributed by atoms with E-state index < -0.39 is 0 Å². The molecule has 0 spiro atoms. The van der Waals surface area contributed by atoms with Gasteiger partial charge in [-0.15, -0.1) is 0 Å². The monoisotopic (exact) mass is 332 g/mol. The number of halogens is 1. The number of hydrogen-bond donors (Lipinski definition) is 2. The molecule has 0 aliphatic carbocycles. The van der Waals surface area contributed by atoms with Crippen LogP contribution >= 0.6 is 22.6 Å². The van der Waals surface area contributed by atoms with Gasteiger partial charge in [0.05, 0.1) is 0 Å². The number of hydrogen-bond acceptors (Lipinski definition) is 2. The number of rotatable bonds is 5. The molecule has 1 aromatic rings. The number of carbonyl (C=O) groups excluding carboxylic acids is 1. The largest absolute Gasteiger partial charge is 0.374 e. The summed E-state index contributed by atoms with van der Waals surface area (Å²) in [5.74, 6) is 0.0423. The fraction of sp³-hybridized carbons (Fsp3) is 0.417. The van der Waals surface area contributed by atoms with E-state index in [9.17, 15) is 4.79 Å². The molecule has 0 radical (unpaired) electrons. The highest BCUT2D eigenvalue weighted by Crippen LogP contribution is 2.13. The Morgan fingerprint density at radius 2 is 2.25 bits per heavy atom. The minimum Gasteiger partial charge on any atom is -0.374 e. The Morgan fingerprint density at radius 3 is 2.88 bits per heavy atom. The summed E-state index contributed by atoms with van der Waals surface area (Å²) in [6.07, 6.45) is 0.960. The van der Waals surface area contributed by atoms with E-state index in [4.69, 9.17) is 0 Å². The lowest BCUT2D eigenvalue weighted by Gasteiger charge is -2.15. The van der Waals surface area contributed by atoms with Crippen molar-refractivity contribution in [2.75, 3.05) is 11.9 Å². The topological polar surface area (TPSA) is 41.1 Å². The van der Waals surface area contributed by atoms with Gasteiger partial charge in [0.2, 0.25) is 5.91 Å². The van der Waals surface area contributed by atoms with Crippen LogP contribution in [-0.2, 0) is 4.79 Å². The maximum Gasteiger partial charge on any atom is 0.242 e. The first-order chi connectivity index (χ1) is 7.63. The third-order valence-electron chi connectivity index (χ3n) is 2.15. The summed E-state index contributed by atoms with van der Waals surface area (Å²) in [6.45, 7) is 4.64. The first-order valence-electron chi connectivity index (χ1n) is 5.43. The zero-order chi connectivity index (χ0) is 12.0. The van der Waals surface area contributed by atoms with Gasteiger partial charge in [-0.1, -0.05) is 13.0 Å². The molecule has 1 aromatic carbocycles. The molecule has 0 saturated carbocycles. The van der Waals surface area contributed by atoms with Gasteiger partial charge in [0, 0.05) is 15.8 Å². The maximum atomic E-state index is 11.6. The number of benzene rings is 1. The van der Waals surface area contributed by atoms with Crippen LogP contribution in [0.25, 0.3) is 0 Å². The Bertz CT molecular complexity index is 355. The molecule has 1 atom stereocenters. The fourth-order valence-electron chi connectivity index (χ4n) is 1.30. The van der Waals surface area contributed by atoms with Gasteiger partial charge in [0.15, 0.2) is 0 Å². The minimum absolute atomic E-state index is 0.0423. The van der Waals surface area contributed by atoms with Gasteiger partial charge in [-0.3, -0.25) is 4.79 Å². The van der Waals surface area contributed by atoms with E-state index in [0.29, 0.717) is 0 Å². The van der Waals surface area contributed by atoms with E-state index in [1.165, 1.54) is 0 Å². The number of amides is 1. The normalized spacial score (nSPS) is 11.9. The average molecular weight is 332 g/mol. The Labute approximate surface area is 110 Å². The van der Waals surface area contributed by atoms with E-state index >= 15 is 0 Å². The smallest absolute Gasteiger partial charge is 0.242 e. The van der Waals surface area contributed by atoms with Crippen LogP contribution in [0, 0.1) is 3.57 Å². The Morgan fingerprint density at radius 1 is 1.50 bits per heavy atom. The molecular formula is C12H17IN2O. The first kappa shape index (κ1) is 13.3. The lowest BCUT2D eigenvalue weighted by atomic mass is 10.2. The number of anilines is 1. The van der Waals surface area contributed by atoms with E-state index in [2.05, 4.69) is 33.2 Å². The molecule has 0 aromatic heterocycles. The van der Waals surface area contributed by atoms with Crippen molar-refractivity contribution in [2.45, 2.75) is 26.3 Å². The zero-order valence-corrected chi connectivity index (χ0v) is 11.7. The zero-order valence-electron chi connectivity index (χ0n) is 9.59. The Kier molecular flexibility index (Phi) is 5.59. The standard InChI is InChI=1S/C12H17IN2O/c1-3-7-14-12(16)9(2)15-11-6-4-5-10(13)8-11/h4-6,8-9,15H,3,7H2,1-2H3,(H,14,16). The van der Waals surface area contributed by atoms with Crippen molar-refractivity contribution in [2.24, 2.45) is 0 Å². The highest BCUT2D eigenvalue weighted by molar-refractivity contribution is 14.1. The van der Waals surface area contributed by atoms with Crippen LogP contribution in [0.15, 0.2) is 24.3 Å². The third-order valence-corrected chi connectivity index (χ3v) is 2.82. The predicted octanol–water partition coefficient (Wildman–Crippen LogP) is 2.62. The Balaban J connectivity index is 2.50. The van der Waals surface area contributed by atoms with Crippen molar-refractivity contribution < 1.29 is 4.79 Å². The molecule has 0 bridgehead atoms. The van der Waals surface area contributed by atoms with Gasteiger partial charge in [0.25, 0.3) is 0 Å². The molecule has 0 fully saturated rings. The van der Waals surface area contributed by atoms with Gasteiger partial charge in [-0.2, -0.15) is 0 Å². The molecule has 3 nitrogen and oxygen atoms in total. The molecule has 2 N–H and O–H groups in total. The minimum atomic E-state index is -0.204. The number of nitrogens with one attached hydrogen (secondary N) is 2. The average Bonchev–Trinajstić information content (AvgIpc) is 2.25. The summed E-state index contributed by atoms with van der Waals surface area (Å²) >= 11 is 2.25. The van der Waals surface area contributed by atoms with Crippen LogP contribution in [0.4, 0.5) is 5.69 Å². The quantitative estimate of drug-likeness (QED) is 0.814. The van der Waals surface area contributed by atoms with Crippen LogP contribution in [0.3, 0.4) is 0 Å². The molecule has 0 saturated heterocycles. The van der Waals surface area contributed by atoms with E-state index in [-0.39, 0.29) is 11.9 Å². The summed E-state index contributed by atoms with van der Waals surface area (Å²) in [4.78, 5) is 11.6. The molecule has 0 heterocycles. The molecule has 88 valence electrons. The molecule has 4 heteroatoms. The Hall–Kier alpha value is -0.780. The molecule has 0 aliphatic heterocycles. The second-order valence-corrected chi connectivity index (χ2v) is 4.91. The van der Waals surface area contributed by atoms with Crippen molar-refractivity contribution in [3.8, 4) is 0 Å². The molecule has 1 amide bonds. The van der Waals surface area contributed by atoms with Gasteiger partial charge in [0.1, 0.15) is 6.04 Å². The van der Waals surface area contributed by atoms with Crippen LogP contribution in [0.2, 0.25) is 0 Å². The summed E-state index contributed by atoms with van der Waals surface area (Å²) < 4.78 is 1.16. The van der Waals surface area contributed by atoms with Crippen molar-refractivity contribution in [3.63, 3.8) is 0 Å². The summed E-state index contributed by atoms with van der Waals surface area (Å²) in [5, 5.41) is 6.04. The van der Waals surface area contributed by atoms with Crippen molar-refractivity contribution in [1.82, 2.24) is 5.32 Å². The van der Waals surface area contributed by atoms with Crippen molar-refractivity contribution in [1.29, 1.82) is 0 Å². The van der Waals surface area contributed by atoms with E-state index in [1.54, 1.807) is 0 Å². The molecule has 16 heavy (non-hydrogen) atoms. The second-order valence-electron chi connectivity index (χ2n) is 3.67. The molecule has 1 rings (SSSR count).